The zero-order valence-electron chi connectivity index (χ0n) is 10.6. The molecule has 2 rings (SSSR count). The Kier molecular flexibility index (Phi) is 3.36. The molecule has 0 aromatic carbocycles. The normalized spacial score (nSPS) is 43.4. The smallest absolute Gasteiger partial charge is 0.0280 e. The van der Waals surface area contributed by atoms with Crippen molar-refractivity contribution in [3.05, 3.63) is 0 Å². The molecule has 0 aromatic heterocycles. The van der Waals surface area contributed by atoms with E-state index in [4.69, 9.17) is 0 Å². The van der Waals surface area contributed by atoms with Crippen molar-refractivity contribution in [3.63, 3.8) is 0 Å². The summed E-state index contributed by atoms with van der Waals surface area (Å²) in [7, 11) is 0. The fourth-order valence-corrected chi connectivity index (χ4v) is 3.31. The van der Waals surface area contributed by atoms with E-state index >= 15 is 0 Å². The van der Waals surface area contributed by atoms with Gasteiger partial charge in [-0.1, -0.05) is 13.3 Å². The van der Waals surface area contributed by atoms with Crippen molar-refractivity contribution in [2.45, 2.75) is 58.0 Å². The molecule has 2 heterocycles. The highest BCUT2D eigenvalue weighted by Crippen LogP contribution is 2.27. The SMILES string of the molecule is CC1CC(C)N(CC2(C)CCCCN2)C1. The molecule has 15 heavy (non-hydrogen) atoms. The quantitative estimate of drug-likeness (QED) is 0.752. The van der Waals surface area contributed by atoms with E-state index < -0.39 is 0 Å². The first-order valence-corrected chi connectivity index (χ1v) is 6.58. The molecule has 2 aliphatic rings. The monoisotopic (exact) mass is 210 g/mol. The highest BCUT2D eigenvalue weighted by atomic mass is 15.2. The lowest BCUT2D eigenvalue weighted by atomic mass is 9.90. The van der Waals surface area contributed by atoms with Crippen molar-refractivity contribution < 1.29 is 0 Å². The van der Waals surface area contributed by atoms with Crippen molar-refractivity contribution in [2.24, 2.45) is 5.92 Å². The maximum absolute atomic E-state index is 3.72. The summed E-state index contributed by atoms with van der Waals surface area (Å²) >= 11 is 0. The van der Waals surface area contributed by atoms with Crippen LogP contribution in [0.1, 0.15) is 46.5 Å². The maximum atomic E-state index is 3.72. The third-order valence-corrected chi connectivity index (χ3v) is 4.17. The second kappa shape index (κ2) is 4.42. The van der Waals surface area contributed by atoms with Crippen LogP contribution in [0.15, 0.2) is 0 Å². The summed E-state index contributed by atoms with van der Waals surface area (Å²) < 4.78 is 0. The molecule has 0 radical (unpaired) electrons. The van der Waals surface area contributed by atoms with Crippen molar-refractivity contribution in [3.8, 4) is 0 Å². The van der Waals surface area contributed by atoms with Gasteiger partial charge in [0.1, 0.15) is 0 Å². The summed E-state index contributed by atoms with van der Waals surface area (Å²) in [6.07, 6.45) is 5.50. The lowest BCUT2D eigenvalue weighted by Gasteiger charge is -2.39. The van der Waals surface area contributed by atoms with Gasteiger partial charge < -0.3 is 5.32 Å². The topological polar surface area (TPSA) is 15.3 Å². The van der Waals surface area contributed by atoms with Gasteiger partial charge in [-0.25, -0.2) is 0 Å². The van der Waals surface area contributed by atoms with Crippen molar-refractivity contribution in [1.82, 2.24) is 10.2 Å². The zero-order chi connectivity index (χ0) is 10.9. The van der Waals surface area contributed by atoms with Gasteiger partial charge in [0.05, 0.1) is 0 Å². The van der Waals surface area contributed by atoms with E-state index in [9.17, 15) is 0 Å². The lowest BCUT2D eigenvalue weighted by molar-refractivity contribution is 0.157. The number of nitrogens with zero attached hydrogens (tertiary/aromatic N) is 1. The minimum atomic E-state index is 0.385. The minimum absolute atomic E-state index is 0.385. The van der Waals surface area contributed by atoms with Crippen LogP contribution in [0.5, 0.6) is 0 Å². The molecule has 0 aliphatic carbocycles. The summed E-state index contributed by atoms with van der Waals surface area (Å²) in [6.45, 7) is 10.9. The highest BCUT2D eigenvalue weighted by molar-refractivity contribution is 4.93. The molecule has 2 fully saturated rings. The summed E-state index contributed by atoms with van der Waals surface area (Å²) in [5, 5.41) is 3.72. The predicted molar refractivity (Wildman–Crippen MR) is 65.1 cm³/mol. The van der Waals surface area contributed by atoms with E-state index in [0.29, 0.717) is 5.54 Å². The fraction of sp³-hybridized carbons (Fsp3) is 1.00. The second-order valence-electron chi connectivity index (χ2n) is 6.06. The fourth-order valence-electron chi connectivity index (χ4n) is 3.31. The Hall–Kier alpha value is -0.0800. The molecule has 2 saturated heterocycles. The predicted octanol–water partition coefficient (Wildman–Crippen LogP) is 2.25. The molecule has 3 atom stereocenters. The zero-order valence-corrected chi connectivity index (χ0v) is 10.6. The van der Waals surface area contributed by atoms with E-state index in [0.717, 1.165) is 12.0 Å². The molecular weight excluding hydrogens is 184 g/mol. The van der Waals surface area contributed by atoms with E-state index in [-0.39, 0.29) is 0 Å². The Morgan fingerprint density at radius 3 is 2.67 bits per heavy atom. The maximum Gasteiger partial charge on any atom is 0.0280 e. The Bertz CT molecular complexity index is 209. The van der Waals surface area contributed by atoms with Crippen LogP contribution in [0, 0.1) is 5.92 Å². The Morgan fingerprint density at radius 1 is 1.33 bits per heavy atom. The average molecular weight is 210 g/mol. The first-order valence-electron chi connectivity index (χ1n) is 6.58. The lowest BCUT2D eigenvalue weighted by Crippen LogP contribution is -2.54. The molecule has 0 spiro atoms. The van der Waals surface area contributed by atoms with Crippen LogP contribution in [0.25, 0.3) is 0 Å². The molecule has 88 valence electrons. The molecule has 2 heteroatoms. The molecule has 2 aliphatic heterocycles. The van der Waals surface area contributed by atoms with Crippen LogP contribution in [-0.4, -0.2) is 36.1 Å². The van der Waals surface area contributed by atoms with Gasteiger partial charge in [0, 0.05) is 24.7 Å². The van der Waals surface area contributed by atoms with Gasteiger partial charge in [0.25, 0.3) is 0 Å². The van der Waals surface area contributed by atoms with E-state index in [1.165, 1.54) is 45.3 Å². The Labute approximate surface area is 94.4 Å². The van der Waals surface area contributed by atoms with Gasteiger partial charge in [0.2, 0.25) is 0 Å². The van der Waals surface area contributed by atoms with E-state index in [2.05, 4.69) is 31.0 Å². The van der Waals surface area contributed by atoms with Crippen LogP contribution in [0.4, 0.5) is 0 Å². The average Bonchev–Trinajstić information content (AvgIpc) is 2.45. The van der Waals surface area contributed by atoms with Crippen LogP contribution in [0.2, 0.25) is 0 Å². The van der Waals surface area contributed by atoms with Gasteiger partial charge in [-0.2, -0.15) is 0 Å². The van der Waals surface area contributed by atoms with Crippen molar-refractivity contribution >= 4 is 0 Å². The number of piperidine rings is 1. The Balaban J connectivity index is 1.89. The van der Waals surface area contributed by atoms with Gasteiger partial charge in [-0.3, -0.25) is 4.90 Å². The number of nitrogens with one attached hydrogen (secondary N) is 1. The third-order valence-electron chi connectivity index (χ3n) is 4.17. The number of hydrogen-bond acceptors (Lipinski definition) is 2. The first-order chi connectivity index (χ1) is 7.09. The molecular formula is C13H26N2. The summed E-state index contributed by atoms with van der Waals surface area (Å²) in [6, 6.07) is 0.792. The van der Waals surface area contributed by atoms with Gasteiger partial charge in [-0.05, 0) is 45.6 Å². The highest BCUT2D eigenvalue weighted by Gasteiger charge is 2.33. The van der Waals surface area contributed by atoms with Gasteiger partial charge in [-0.15, -0.1) is 0 Å². The van der Waals surface area contributed by atoms with Crippen molar-refractivity contribution in [2.75, 3.05) is 19.6 Å². The number of rotatable bonds is 2. The molecule has 1 N–H and O–H groups in total. The minimum Gasteiger partial charge on any atom is -0.310 e. The molecule has 3 unspecified atom stereocenters. The van der Waals surface area contributed by atoms with Gasteiger partial charge in [0.15, 0.2) is 0 Å². The largest absolute Gasteiger partial charge is 0.310 e. The summed E-state index contributed by atoms with van der Waals surface area (Å²) in [4.78, 5) is 2.68. The van der Waals surface area contributed by atoms with E-state index in [1.807, 2.05) is 0 Å². The summed E-state index contributed by atoms with van der Waals surface area (Å²) in [5.41, 5.74) is 0.385. The molecule has 0 aromatic rings. The second-order valence-corrected chi connectivity index (χ2v) is 6.06. The number of hydrogen-bond donors (Lipinski definition) is 1. The summed E-state index contributed by atoms with van der Waals surface area (Å²) in [5.74, 6) is 0.896. The van der Waals surface area contributed by atoms with Crippen LogP contribution >= 0.6 is 0 Å². The third kappa shape index (κ3) is 2.73. The van der Waals surface area contributed by atoms with Crippen LogP contribution < -0.4 is 5.32 Å². The molecule has 0 amide bonds. The Morgan fingerprint density at radius 2 is 2.13 bits per heavy atom. The van der Waals surface area contributed by atoms with Gasteiger partial charge >= 0.3 is 0 Å². The standard InChI is InChI=1S/C13H26N2/c1-11-8-12(2)15(9-11)10-13(3)6-4-5-7-14-13/h11-12,14H,4-10H2,1-3H3. The molecule has 2 nitrogen and oxygen atoms in total. The van der Waals surface area contributed by atoms with Crippen LogP contribution in [-0.2, 0) is 0 Å². The number of likely N-dealkylation sites (tertiary alicyclic amines) is 1. The van der Waals surface area contributed by atoms with E-state index in [1.54, 1.807) is 0 Å². The molecule has 0 saturated carbocycles. The first kappa shape index (κ1) is 11.4. The van der Waals surface area contributed by atoms with Crippen molar-refractivity contribution in [1.29, 1.82) is 0 Å². The molecule has 0 bridgehead atoms. The van der Waals surface area contributed by atoms with Crippen LogP contribution in [0.3, 0.4) is 0 Å².